The molecule has 0 aliphatic rings. The smallest absolute Gasteiger partial charge is 0.253 e. The highest BCUT2D eigenvalue weighted by atomic mass is 35.5. The van der Waals surface area contributed by atoms with Gasteiger partial charge in [0.2, 0.25) is 5.91 Å². The molecular formula is C23H25Cl2N5O2S. The summed E-state index contributed by atoms with van der Waals surface area (Å²) < 4.78 is 1.91. The first kappa shape index (κ1) is 25.1. The summed E-state index contributed by atoms with van der Waals surface area (Å²) in [7, 11) is 0. The molecule has 174 valence electrons. The number of hydrogen-bond acceptors (Lipinski definition) is 5. The predicted molar refractivity (Wildman–Crippen MR) is 133 cm³/mol. The van der Waals surface area contributed by atoms with Crippen LogP contribution in [0.15, 0.2) is 53.7 Å². The van der Waals surface area contributed by atoms with E-state index in [1.165, 1.54) is 11.8 Å². The molecule has 0 bridgehead atoms. The maximum absolute atomic E-state index is 12.9. The Kier molecular flexibility index (Phi) is 8.77. The third-order valence-corrected chi connectivity index (χ3v) is 6.42. The van der Waals surface area contributed by atoms with Crippen LogP contribution in [0.2, 0.25) is 10.0 Å². The Morgan fingerprint density at radius 3 is 2.39 bits per heavy atom. The zero-order valence-corrected chi connectivity index (χ0v) is 20.8. The normalized spacial score (nSPS) is 11.9. The molecule has 0 unspecified atom stereocenters. The lowest BCUT2D eigenvalue weighted by atomic mass is 10.0. The van der Waals surface area contributed by atoms with Crippen molar-refractivity contribution in [2.45, 2.75) is 38.5 Å². The second-order valence-corrected chi connectivity index (χ2v) is 9.39. The van der Waals surface area contributed by atoms with Gasteiger partial charge >= 0.3 is 0 Å². The van der Waals surface area contributed by atoms with Gasteiger partial charge in [0, 0.05) is 17.3 Å². The average molecular weight is 506 g/mol. The van der Waals surface area contributed by atoms with Gasteiger partial charge in [0.05, 0.1) is 22.4 Å². The summed E-state index contributed by atoms with van der Waals surface area (Å²) in [5, 5.41) is 16.1. The molecular weight excluding hydrogens is 481 g/mol. The van der Waals surface area contributed by atoms with Crippen LogP contribution in [0.5, 0.6) is 0 Å². The van der Waals surface area contributed by atoms with Crippen molar-refractivity contribution in [3.05, 3.63) is 70.0 Å². The molecule has 0 saturated heterocycles. The van der Waals surface area contributed by atoms with E-state index in [1.807, 2.05) is 25.3 Å². The Balaban J connectivity index is 1.71. The van der Waals surface area contributed by atoms with Crippen molar-refractivity contribution in [2.75, 3.05) is 11.1 Å². The number of carbonyl (C=O) groups excluding carboxylic acids is 2. The molecule has 3 rings (SSSR count). The van der Waals surface area contributed by atoms with E-state index in [0.29, 0.717) is 38.8 Å². The minimum atomic E-state index is -0.376. The number of nitrogens with one attached hydrogen (secondary N) is 2. The summed E-state index contributed by atoms with van der Waals surface area (Å²) in [4.78, 5) is 25.2. The van der Waals surface area contributed by atoms with E-state index in [4.69, 9.17) is 23.2 Å². The molecule has 2 N–H and O–H groups in total. The summed E-state index contributed by atoms with van der Waals surface area (Å²) in [5.74, 6) is 0.410. The topological polar surface area (TPSA) is 88.9 Å². The number of hydrogen-bond donors (Lipinski definition) is 2. The number of carbonyl (C=O) groups is 2. The fourth-order valence-electron chi connectivity index (χ4n) is 3.19. The second-order valence-electron chi connectivity index (χ2n) is 7.60. The van der Waals surface area contributed by atoms with Crippen LogP contribution in [0.3, 0.4) is 0 Å². The highest BCUT2D eigenvalue weighted by Gasteiger charge is 2.26. The van der Waals surface area contributed by atoms with E-state index in [0.717, 1.165) is 0 Å². The lowest BCUT2D eigenvalue weighted by Gasteiger charge is -2.22. The third-order valence-electron chi connectivity index (χ3n) is 4.87. The van der Waals surface area contributed by atoms with Crippen LogP contribution < -0.4 is 10.6 Å². The average Bonchev–Trinajstić information content (AvgIpc) is 3.20. The Hall–Kier alpha value is -2.55. The number of halogens is 2. The standard InChI is InChI=1S/C23H25Cl2N5O2S/c1-4-30-21(20(14(2)3)27-22(32)17-7-5-6-8-18(17)25)28-29-23(30)33-13-19(31)26-16-11-9-15(24)10-12-16/h5-12,14,20H,4,13H2,1-3H3,(H,26,31)(H,27,32)/t20-/m1/s1. The van der Waals surface area contributed by atoms with Gasteiger partial charge in [-0.2, -0.15) is 0 Å². The fourth-order valence-corrected chi connectivity index (χ4v) is 4.35. The van der Waals surface area contributed by atoms with Gasteiger partial charge in [0.25, 0.3) is 5.91 Å². The minimum Gasteiger partial charge on any atom is -0.342 e. The molecule has 1 aromatic heterocycles. The highest BCUT2D eigenvalue weighted by molar-refractivity contribution is 7.99. The van der Waals surface area contributed by atoms with Crippen molar-refractivity contribution >= 4 is 52.5 Å². The largest absolute Gasteiger partial charge is 0.342 e. The fraction of sp³-hybridized carbons (Fsp3) is 0.304. The van der Waals surface area contributed by atoms with Gasteiger partial charge in [-0.1, -0.05) is 60.9 Å². The summed E-state index contributed by atoms with van der Waals surface area (Å²) in [5.41, 5.74) is 1.07. The predicted octanol–water partition coefficient (Wildman–Crippen LogP) is 5.46. The van der Waals surface area contributed by atoms with Crippen LogP contribution in [0, 0.1) is 5.92 Å². The van der Waals surface area contributed by atoms with Crippen LogP contribution in [0.25, 0.3) is 0 Å². The molecule has 0 aliphatic heterocycles. The molecule has 0 aliphatic carbocycles. The Morgan fingerprint density at radius 2 is 1.76 bits per heavy atom. The molecule has 2 aromatic carbocycles. The monoisotopic (exact) mass is 505 g/mol. The molecule has 0 spiro atoms. The molecule has 7 nitrogen and oxygen atoms in total. The first-order chi connectivity index (χ1) is 15.8. The SMILES string of the molecule is CCn1c(SCC(=O)Nc2ccc(Cl)cc2)nnc1[C@H](NC(=O)c1ccccc1Cl)C(C)C. The number of amides is 2. The van der Waals surface area contributed by atoms with Crippen LogP contribution >= 0.6 is 35.0 Å². The molecule has 2 amide bonds. The summed E-state index contributed by atoms with van der Waals surface area (Å²) >= 11 is 13.4. The van der Waals surface area contributed by atoms with Crippen molar-refractivity contribution in [3.63, 3.8) is 0 Å². The van der Waals surface area contributed by atoms with Crippen molar-refractivity contribution in [1.82, 2.24) is 20.1 Å². The van der Waals surface area contributed by atoms with E-state index >= 15 is 0 Å². The number of aromatic nitrogens is 3. The molecule has 1 heterocycles. The zero-order chi connectivity index (χ0) is 24.0. The first-order valence-corrected chi connectivity index (χ1v) is 12.2. The molecule has 0 fully saturated rings. The Bertz CT molecular complexity index is 1120. The van der Waals surface area contributed by atoms with Crippen LogP contribution in [-0.2, 0) is 11.3 Å². The Labute approximate surface area is 207 Å². The van der Waals surface area contributed by atoms with Gasteiger partial charge in [-0.05, 0) is 49.2 Å². The second kappa shape index (κ2) is 11.5. The van der Waals surface area contributed by atoms with Gasteiger partial charge in [-0.15, -0.1) is 10.2 Å². The van der Waals surface area contributed by atoms with Crippen molar-refractivity contribution in [3.8, 4) is 0 Å². The molecule has 0 saturated carbocycles. The first-order valence-electron chi connectivity index (χ1n) is 10.5. The van der Waals surface area contributed by atoms with E-state index in [9.17, 15) is 9.59 Å². The van der Waals surface area contributed by atoms with Gasteiger partial charge in [0.1, 0.15) is 0 Å². The molecule has 10 heteroatoms. The maximum Gasteiger partial charge on any atom is 0.253 e. The van der Waals surface area contributed by atoms with E-state index in [-0.39, 0.29) is 29.5 Å². The van der Waals surface area contributed by atoms with E-state index < -0.39 is 0 Å². The van der Waals surface area contributed by atoms with Crippen LogP contribution in [0.4, 0.5) is 5.69 Å². The van der Waals surface area contributed by atoms with Crippen LogP contribution in [-0.4, -0.2) is 32.3 Å². The lowest BCUT2D eigenvalue weighted by molar-refractivity contribution is -0.113. The summed E-state index contributed by atoms with van der Waals surface area (Å²) in [6.45, 7) is 6.56. The number of thioether (sulfide) groups is 1. The molecule has 3 aromatic rings. The zero-order valence-electron chi connectivity index (χ0n) is 18.5. The maximum atomic E-state index is 12.9. The van der Waals surface area contributed by atoms with Gasteiger partial charge in [-0.25, -0.2) is 0 Å². The van der Waals surface area contributed by atoms with Crippen molar-refractivity contribution in [1.29, 1.82) is 0 Å². The quantitative estimate of drug-likeness (QED) is 0.376. The van der Waals surface area contributed by atoms with Crippen molar-refractivity contribution < 1.29 is 9.59 Å². The molecule has 0 radical (unpaired) electrons. The van der Waals surface area contributed by atoms with Crippen LogP contribution in [0.1, 0.15) is 43.0 Å². The number of rotatable bonds is 9. The molecule has 1 atom stereocenters. The number of benzene rings is 2. The number of nitrogens with zero attached hydrogens (tertiary/aromatic N) is 3. The van der Waals surface area contributed by atoms with E-state index in [2.05, 4.69) is 20.8 Å². The van der Waals surface area contributed by atoms with Gasteiger partial charge < -0.3 is 15.2 Å². The van der Waals surface area contributed by atoms with Crippen molar-refractivity contribution in [2.24, 2.45) is 5.92 Å². The number of anilines is 1. The third kappa shape index (κ3) is 6.50. The van der Waals surface area contributed by atoms with Gasteiger partial charge in [0.15, 0.2) is 11.0 Å². The lowest BCUT2D eigenvalue weighted by Crippen LogP contribution is -2.34. The molecule has 33 heavy (non-hydrogen) atoms. The Morgan fingerprint density at radius 1 is 1.06 bits per heavy atom. The van der Waals surface area contributed by atoms with Gasteiger partial charge in [-0.3, -0.25) is 9.59 Å². The van der Waals surface area contributed by atoms with E-state index in [1.54, 1.807) is 48.5 Å². The summed E-state index contributed by atoms with van der Waals surface area (Å²) in [6.07, 6.45) is 0. The summed E-state index contributed by atoms with van der Waals surface area (Å²) in [6, 6.07) is 13.4. The minimum absolute atomic E-state index is 0.0528. The highest BCUT2D eigenvalue weighted by Crippen LogP contribution is 2.26.